The first-order valence-electron chi connectivity index (χ1n) is 12.3. The standard InChI is InChI=1S/C24H37N7O8S/c1-40-10-8-16(21(36)31-18(23(38)39)11-13-4-6-14(32)7-5-13)29-22(37)17(12-19(33)34)30-20(35)15(25)3-2-9-28-24(26)27/h4-7,15-18,32H,2-3,8-12,25H2,1H3,(H,29,37)(H,30,35)(H,31,36)(H,33,34)(H,38,39)(H4,26,27,28). The molecule has 12 N–H and O–H groups in total. The molecule has 0 heterocycles. The van der Waals surface area contributed by atoms with E-state index in [1.165, 1.54) is 36.0 Å². The lowest BCUT2D eigenvalue weighted by atomic mass is 10.0. The topological polar surface area (TPSA) is 273 Å². The Hall–Kier alpha value is -4.05. The zero-order chi connectivity index (χ0) is 30.2. The van der Waals surface area contributed by atoms with Gasteiger partial charge in [-0.2, -0.15) is 11.8 Å². The summed E-state index contributed by atoms with van der Waals surface area (Å²) in [6.07, 6.45) is 1.50. The zero-order valence-corrected chi connectivity index (χ0v) is 22.9. The van der Waals surface area contributed by atoms with Crippen molar-refractivity contribution in [2.24, 2.45) is 22.2 Å². The van der Waals surface area contributed by atoms with Crippen molar-refractivity contribution in [2.75, 3.05) is 18.6 Å². The van der Waals surface area contributed by atoms with Crippen molar-refractivity contribution in [3.8, 4) is 5.75 Å². The lowest BCUT2D eigenvalue weighted by molar-refractivity contribution is -0.143. The maximum absolute atomic E-state index is 13.0. The molecule has 0 aliphatic heterocycles. The van der Waals surface area contributed by atoms with E-state index in [-0.39, 0.29) is 37.5 Å². The molecule has 1 rings (SSSR count). The molecule has 15 nitrogen and oxygen atoms in total. The summed E-state index contributed by atoms with van der Waals surface area (Å²) < 4.78 is 0. The average molecular weight is 584 g/mol. The van der Waals surface area contributed by atoms with Crippen LogP contribution in [0.2, 0.25) is 0 Å². The number of carbonyl (C=O) groups excluding carboxylic acids is 3. The molecule has 0 saturated carbocycles. The molecule has 0 aliphatic rings. The fraction of sp³-hybridized carbons (Fsp3) is 0.500. The molecule has 0 saturated heterocycles. The van der Waals surface area contributed by atoms with Crippen LogP contribution >= 0.6 is 11.8 Å². The van der Waals surface area contributed by atoms with Crippen LogP contribution in [0.1, 0.15) is 31.2 Å². The molecule has 1 aromatic carbocycles. The van der Waals surface area contributed by atoms with E-state index in [0.29, 0.717) is 17.7 Å². The molecule has 222 valence electrons. The second kappa shape index (κ2) is 17.5. The Balaban J connectivity index is 2.94. The predicted molar refractivity (Wildman–Crippen MR) is 148 cm³/mol. The van der Waals surface area contributed by atoms with Gasteiger partial charge in [0.25, 0.3) is 0 Å². The van der Waals surface area contributed by atoms with Crippen LogP contribution in [0.15, 0.2) is 29.3 Å². The van der Waals surface area contributed by atoms with Crippen molar-refractivity contribution in [3.05, 3.63) is 29.8 Å². The van der Waals surface area contributed by atoms with Gasteiger partial charge in [-0.05, 0) is 49.0 Å². The first-order valence-corrected chi connectivity index (χ1v) is 13.7. The molecular weight excluding hydrogens is 546 g/mol. The number of benzene rings is 1. The van der Waals surface area contributed by atoms with Gasteiger partial charge < -0.3 is 48.5 Å². The predicted octanol–water partition coefficient (Wildman–Crippen LogP) is -1.92. The lowest BCUT2D eigenvalue weighted by Crippen LogP contribution is -2.57. The quantitative estimate of drug-likeness (QED) is 0.0520. The fourth-order valence-corrected chi connectivity index (χ4v) is 3.90. The van der Waals surface area contributed by atoms with E-state index in [1.807, 2.05) is 0 Å². The number of aromatic hydroxyl groups is 1. The van der Waals surface area contributed by atoms with Gasteiger partial charge in [-0.3, -0.25) is 24.2 Å². The highest BCUT2D eigenvalue weighted by atomic mass is 32.2. The number of phenolic OH excluding ortho intramolecular Hbond substituents is 1. The summed E-state index contributed by atoms with van der Waals surface area (Å²) in [7, 11) is 0. The van der Waals surface area contributed by atoms with Crippen molar-refractivity contribution in [1.29, 1.82) is 0 Å². The van der Waals surface area contributed by atoms with E-state index in [0.717, 1.165) is 0 Å². The summed E-state index contributed by atoms with van der Waals surface area (Å²) in [6, 6.07) is 0.579. The molecule has 4 unspecified atom stereocenters. The van der Waals surface area contributed by atoms with Gasteiger partial charge >= 0.3 is 11.9 Å². The molecule has 0 radical (unpaired) electrons. The van der Waals surface area contributed by atoms with E-state index < -0.39 is 60.2 Å². The van der Waals surface area contributed by atoms with Crippen LogP contribution in [0.5, 0.6) is 5.75 Å². The number of nitrogens with two attached hydrogens (primary N) is 3. The van der Waals surface area contributed by atoms with Crippen LogP contribution < -0.4 is 33.2 Å². The highest BCUT2D eigenvalue weighted by Crippen LogP contribution is 2.12. The van der Waals surface area contributed by atoms with Gasteiger partial charge in [0.15, 0.2) is 5.96 Å². The number of guanidine groups is 1. The number of carboxylic acids is 2. The van der Waals surface area contributed by atoms with Crippen LogP contribution in [0.3, 0.4) is 0 Å². The van der Waals surface area contributed by atoms with Crippen LogP contribution in [-0.4, -0.2) is 93.7 Å². The molecular formula is C24H37N7O8S. The van der Waals surface area contributed by atoms with E-state index in [1.54, 1.807) is 6.26 Å². The molecule has 0 fully saturated rings. The zero-order valence-electron chi connectivity index (χ0n) is 22.0. The molecule has 0 aliphatic carbocycles. The van der Waals surface area contributed by atoms with Gasteiger partial charge in [0.1, 0.15) is 23.9 Å². The number of carboxylic acid groups (broad SMARTS) is 2. The van der Waals surface area contributed by atoms with E-state index >= 15 is 0 Å². The number of carbonyl (C=O) groups is 5. The molecule has 3 amide bonds. The molecule has 40 heavy (non-hydrogen) atoms. The molecule has 16 heteroatoms. The summed E-state index contributed by atoms with van der Waals surface area (Å²) in [4.78, 5) is 65.5. The van der Waals surface area contributed by atoms with Gasteiger partial charge in [-0.15, -0.1) is 0 Å². The van der Waals surface area contributed by atoms with Crippen molar-refractivity contribution < 1.29 is 39.3 Å². The number of hydrogen-bond donors (Lipinski definition) is 9. The number of hydrogen-bond acceptors (Lipinski definition) is 9. The number of thioether (sulfide) groups is 1. The Labute approximate surface area is 235 Å². The van der Waals surface area contributed by atoms with Gasteiger partial charge in [-0.1, -0.05) is 12.1 Å². The SMILES string of the molecule is CSCCC(NC(=O)C(CC(=O)O)NC(=O)C(N)CCCN=C(N)N)C(=O)NC(Cc1ccc(O)cc1)C(=O)O. The second-order valence-corrected chi connectivity index (χ2v) is 9.81. The molecule has 4 atom stereocenters. The fourth-order valence-electron chi connectivity index (χ4n) is 3.43. The maximum Gasteiger partial charge on any atom is 0.326 e. The van der Waals surface area contributed by atoms with Crippen LogP contribution in [0, 0.1) is 0 Å². The number of aliphatic imine (C=N–C) groups is 1. The Bertz CT molecular complexity index is 1050. The highest BCUT2D eigenvalue weighted by molar-refractivity contribution is 7.98. The normalized spacial score (nSPS) is 13.7. The molecule has 0 spiro atoms. The van der Waals surface area contributed by atoms with Gasteiger partial charge in [0, 0.05) is 13.0 Å². The van der Waals surface area contributed by atoms with E-state index in [9.17, 15) is 39.3 Å². The van der Waals surface area contributed by atoms with Gasteiger partial charge in [-0.25, -0.2) is 4.79 Å². The Morgan fingerprint density at radius 1 is 0.900 bits per heavy atom. The third-order valence-corrected chi connectivity index (χ3v) is 6.19. The summed E-state index contributed by atoms with van der Waals surface area (Å²) in [5, 5.41) is 35.4. The minimum Gasteiger partial charge on any atom is -0.508 e. The van der Waals surface area contributed by atoms with Crippen LogP contribution in [-0.2, 0) is 30.4 Å². The minimum absolute atomic E-state index is 0.00518. The van der Waals surface area contributed by atoms with E-state index in [2.05, 4.69) is 20.9 Å². The summed E-state index contributed by atoms with van der Waals surface area (Å²) in [5.74, 6) is -4.95. The first-order chi connectivity index (χ1) is 18.8. The molecule has 0 bridgehead atoms. The number of nitrogens with one attached hydrogen (secondary N) is 3. The molecule has 1 aromatic rings. The highest BCUT2D eigenvalue weighted by Gasteiger charge is 2.31. The number of aliphatic carboxylic acids is 2. The minimum atomic E-state index is -1.55. The largest absolute Gasteiger partial charge is 0.508 e. The monoisotopic (exact) mass is 583 g/mol. The van der Waals surface area contributed by atoms with Crippen molar-refractivity contribution in [1.82, 2.24) is 16.0 Å². The number of nitrogens with zero attached hydrogens (tertiary/aromatic N) is 1. The number of rotatable bonds is 18. The number of amides is 3. The Morgan fingerprint density at radius 2 is 1.48 bits per heavy atom. The second-order valence-electron chi connectivity index (χ2n) is 8.83. The summed E-state index contributed by atoms with van der Waals surface area (Å²) in [5.41, 5.74) is 16.9. The first kappa shape index (κ1) is 34.0. The smallest absolute Gasteiger partial charge is 0.326 e. The lowest BCUT2D eigenvalue weighted by Gasteiger charge is -2.24. The van der Waals surface area contributed by atoms with Crippen LogP contribution in [0.25, 0.3) is 0 Å². The van der Waals surface area contributed by atoms with E-state index in [4.69, 9.17) is 17.2 Å². The van der Waals surface area contributed by atoms with Crippen molar-refractivity contribution in [3.63, 3.8) is 0 Å². The third kappa shape index (κ3) is 13.1. The maximum atomic E-state index is 13.0. The molecule has 0 aromatic heterocycles. The summed E-state index contributed by atoms with van der Waals surface area (Å²) >= 11 is 1.37. The van der Waals surface area contributed by atoms with Gasteiger partial charge in [0.05, 0.1) is 12.5 Å². The average Bonchev–Trinajstić information content (AvgIpc) is 2.88. The van der Waals surface area contributed by atoms with Crippen molar-refractivity contribution in [2.45, 2.75) is 56.3 Å². The Kier molecular flexibility index (Phi) is 14.9. The van der Waals surface area contributed by atoms with Crippen molar-refractivity contribution >= 4 is 47.4 Å². The van der Waals surface area contributed by atoms with Crippen LogP contribution in [0.4, 0.5) is 0 Å². The Morgan fingerprint density at radius 3 is 2.02 bits per heavy atom. The van der Waals surface area contributed by atoms with Gasteiger partial charge in [0.2, 0.25) is 17.7 Å². The number of phenols is 1. The summed E-state index contributed by atoms with van der Waals surface area (Å²) in [6.45, 7) is 0.221. The third-order valence-electron chi connectivity index (χ3n) is 5.55.